The highest BCUT2D eigenvalue weighted by Crippen LogP contribution is 2.50. The second-order valence-electron chi connectivity index (χ2n) is 6.56. The molecule has 3 heteroatoms. The van der Waals surface area contributed by atoms with Gasteiger partial charge in [-0.25, -0.2) is 0 Å². The Kier molecular flexibility index (Phi) is 2.93. The Morgan fingerprint density at radius 1 is 1.38 bits per heavy atom. The maximum absolute atomic E-state index is 12.0. The molecule has 2 aromatic rings. The predicted molar refractivity (Wildman–Crippen MR) is 84.3 cm³/mol. The first-order chi connectivity index (χ1) is 10.3. The summed E-state index contributed by atoms with van der Waals surface area (Å²) < 4.78 is 0. The molecule has 110 valence electrons. The van der Waals surface area contributed by atoms with Gasteiger partial charge in [0.25, 0.3) is 0 Å². The van der Waals surface area contributed by atoms with Crippen LogP contribution in [0.5, 0.6) is 0 Å². The summed E-state index contributed by atoms with van der Waals surface area (Å²) in [6.45, 7) is 4.36. The summed E-state index contributed by atoms with van der Waals surface area (Å²) in [5.41, 5.74) is 3.74. The summed E-state index contributed by atoms with van der Waals surface area (Å²) in [7, 11) is 0. The maximum Gasteiger partial charge on any atom is 0.128 e. The van der Waals surface area contributed by atoms with Gasteiger partial charge in [0.15, 0.2) is 0 Å². The van der Waals surface area contributed by atoms with Crippen LogP contribution >= 0.6 is 0 Å². The van der Waals surface area contributed by atoms with Crippen molar-refractivity contribution in [2.75, 3.05) is 13.1 Å². The first-order valence-corrected chi connectivity index (χ1v) is 8.09. The second-order valence-corrected chi connectivity index (χ2v) is 6.56. The smallest absolute Gasteiger partial charge is 0.128 e. The minimum Gasteiger partial charge on any atom is -0.357 e. The Morgan fingerprint density at radius 3 is 3.05 bits per heavy atom. The van der Waals surface area contributed by atoms with Crippen molar-refractivity contribution in [2.24, 2.45) is 5.41 Å². The van der Waals surface area contributed by atoms with Crippen LogP contribution in [0.25, 0.3) is 10.9 Å². The van der Waals surface area contributed by atoms with E-state index < -0.39 is 0 Å². The SMILES string of the molecule is CC[C@@]1(C=O)CCCN2CCc3c([nH]c4ccccc34)[C@@H]21. The van der Waals surface area contributed by atoms with Crippen LogP contribution in [-0.2, 0) is 11.2 Å². The number of benzene rings is 1. The number of nitrogens with one attached hydrogen (secondary N) is 1. The van der Waals surface area contributed by atoms with Gasteiger partial charge in [0, 0.05) is 28.6 Å². The number of carbonyl (C=O) groups is 1. The molecule has 2 aliphatic rings. The minimum absolute atomic E-state index is 0.214. The van der Waals surface area contributed by atoms with Crippen molar-refractivity contribution < 1.29 is 4.79 Å². The van der Waals surface area contributed by atoms with Crippen LogP contribution in [0.15, 0.2) is 24.3 Å². The zero-order chi connectivity index (χ0) is 14.4. The number of para-hydroxylation sites is 1. The van der Waals surface area contributed by atoms with Crippen molar-refractivity contribution in [2.45, 2.75) is 38.6 Å². The van der Waals surface area contributed by atoms with Crippen molar-refractivity contribution in [1.29, 1.82) is 0 Å². The standard InChI is InChI=1S/C18H22N2O/c1-2-18(12-21)9-5-10-20-11-8-14-13-6-3-4-7-15(13)19-16(14)17(18)20/h3-4,6-7,12,17,19H,2,5,8-11H2,1H3/t17-,18+/m1/s1. The molecular weight excluding hydrogens is 260 g/mol. The largest absolute Gasteiger partial charge is 0.357 e. The molecule has 1 saturated heterocycles. The molecule has 0 aliphatic carbocycles. The molecule has 2 atom stereocenters. The number of aromatic amines is 1. The average molecular weight is 282 g/mol. The van der Waals surface area contributed by atoms with Crippen molar-refractivity contribution in [3.63, 3.8) is 0 Å². The van der Waals surface area contributed by atoms with E-state index in [1.54, 1.807) is 0 Å². The van der Waals surface area contributed by atoms with Crippen molar-refractivity contribution >= 4 is 17.2 Å². The molecule has 0 amide bonds. The molecule has 21 heavy (non-hydrogen) atoms. The van der Waals surface area contributed by atoms with Gasteiger partial charge in [0.2, 0.25) is 0 Å². The Hall–Kier alpha value is -1.61. The predicted octanol–water partition coefficient (Wildman–Crippen LogP) is 3.46. The molecule has 0 saturated carbocycles. The van der Waals surface area contributed by atoms with Crippen LogP contribution in [-0.4, -0.2) is 29.3 Å². The molecule has 3 nitrogen and oxygen atoms in total. The summed E-state index contributed by atoms with van der Waals surface area (Å²) in [6, 6.07) is 8.78. The van der Waals surface area contributed by atoms with Gasteiger partial charge in [-0.2, -0.15) is 0 Å². The van der Waals surface area contributed by atoms with Gasteiger partial charge in [-0.15, -0.1) is 0 Å². The molecule has 0 bridgehead atoms. The third-order valence-corrected chi connectivity index (χ3v) is 5.66. The molecule has 1 N–H and O–H groups in total. The third-order valence-electron chi connectivity index (χ3n) is 5.66. The summed E-state index contributed by atoms with van der Waals surface area (Å²) >= 11 is 0. The Morgan fingerprint density at radius 2 is 2.24 bits per heavy atom. The quantitative estimate of drug-likeness (QED) is 0.856. The molecule has 1 aromatic carbocycles. The van der Waals surface area contributed by atoms with E-state index in [-0.39, 0.29) is 11.5 Å². The fraction of sp³-hybridized carbons (Fsp3) is 0.500. The molecule has 1 fully saturated rings. The minimum atomic E-state index is -0.214. The van der Waals surface area contributed by atoms with Crippen LogP contribution < -0.4 is 0 Å². The number of piperidine rings is 1. The Labute approximate surface area is 125 Å². The van der Waals surface area contributed by atoms with Gasteiger partial charge in [0.05, 0.1) is 6.04 Å². The van der Waals surface area contributed by atoms with E-state index in [1.807, 2.05) is 0 Å². The molecule has 2 aliphatic heterocycles. The topological polar surface area (TPSA) is 36.1 Å². The van der Waals surface area contributed by atoms with Crippen LogP contribution in [0.1, 0.15) is 43.5 Å². The highest BCUT2D eigenvalue weighted by molar-refractivity contribution is 5.85. The summed E-state index contributed by atoms with van der Waals surface area (Å²) in [5.74, 6) is 0. The van der Waals surface area contributed by atoms with Gasteiger partial charge in [-0.05, 0) is 43.9 Å². The number of fused-ring (bicyclic) bond motifs is 5. The highest BCUT2D eigenvalue weighted by Gasteiger charge is 2.47. The third kappa shape index (κ3) is 1.73. The number of carbonyl (C=O) groups excluding carboxylic acids is 1. The zero-order valence-corrected chi connectivity index (χ0v) is 12.6. The lowest BCUT2D eigenvalue weighted by atomic mass is 9.69. The molecule has 4 rings (SSSR count). The first-order valence-electron chi connectivity index (χ1n) is 8.09. The van der Waals surface area contributed by atoms with Crippen molar-refractivity contribution in [1.82, 2.24) is 9.88 Å². The van der Waals surface area contributed by atoms with Crippen molar-refractivity contribution in [3.05, 3.63) is 35.5 Å². The van der Waals surface area contributed by atoms with E-state index in [1.165, 1.54) is 28.4 Å². The van der Waals surface area contributed by atoms with Gasteiger partial charge in [-0.3, -0.25) is 4.90 Å². The number of aldehydes is 1. The number of nitrogens with zero attached hydrogens (tertiary/aromatic N) is 1. The van der Waals surface area contributed by atoms with E-state index in [0.717, 1.165) is 38.8 Å². The van der Waals surface area contributed by atoms with Gasteiger partial charge < -0.3 is 9.78 Å². The van der Waals surface area contributed by atoms with Crippen LogP contribution in [0.3, 0.4) is 0 Å². The maximum atomic E-state index is 12.0. The number of hydrogen-bond donors (Lipinski definition) is 1. The average Bonchev–Trinajstić information content (AvgIpc) is 2.92. The Balaban J connectivity index is 1.93. The molecular formula is C18H22N2O. The number of hydrogen-bond acceptors (Lipinski definition) is 2. The van der Waals surface area contributed by atoms with Gasteiger partial charge >= 0.3 is 0 Å². The number of aromatic nitrogens is 1. The van der Waals surface area contributed by atoms with E-state index in [2.05, 4.69) is 41.1 Å². The molecule has 0 unspecified atom stereocenters. The van der Waals surface area contributed by atoms with E-state index in [9.17, 15) is 4.79 Å². The first kappa shape index (κ1) is 13.1. The van der Waals surface area contributed by atoms with Crippen molar-refractivity contribution in [3.8, 4) is 0 Å². The zero-order valence-electron chi connectivity index (χ0n) is 12.6. The van der Waals surface area contributed by atoms with E-state index in [4.69, 9.17) is 0 Å². The lowest BCUT2D eigenvalue weighted by Gasteiger charge is -2.49. The van der Waals surface area contributed by atoms with E-state index >= 15 is 0 Å². The summed E-state index contributed by atoms with van der Waals surface area (Å²) in [6.07, 6.45) is 5.41. The van der Waals surface area contributed by atoms with Gasteiger partial charge in [-0.1, -0.05) is 25.1 Å². The lowest BCUT2D eigenvalue weighted by Crippen LogP contribution is -2.50. The fourth-order valence-corrected chi connectivity index (χ4v) is 4.51. The lowest BCUT2D eigenvalue weighted by molar-refractivity contribution is -0.124. The summed E-state index contributed by atoms with van der Waals surface area (Å²) in [4.78, 5) is 18.1. The van der Waals surface area contributed by atoms with Crippen LogP contribution in [0.2, 0.25) is 0 Å². The normalized spacial score (nSPS) is 29.1. The van der Waals surface area contributed by atoms with E-state index in [0.29, 0.717) is 0 Å². The molecule has 1 aromatic heterocycles. The van der Waals surface area contributed by atoms with Crippen LogP contribution in [0, 0.1) is 5.41 Å². The van der Waals surface area contributed by atoms with Gasteiger partial charge in [0.1, 0.15) is 6.29 Å². The number of rotatable bonds is 2. The summed E-state index contributed by atoms with van der Waals surface area (Å²) in [5, 5.41) is 1.34. The molecule has 0 radical (unpaired) electrons. The Bertz CT molecular complexity index is 690. The highest BCUT2D eigenvalue weighted by atomic mass is 16.1. The molecule has 0 spiro atoms. The monoisotopic (exact) mass is 282 g/mol. The van der Waals surface area contributed by atoms with Crippen LogP contribution in [0.4, 0.5) is 0 Å². The number of H-pyrrole nitrogens is 1. The second kappa shape index (κ2) is 4.70. The fourth-order valence-electron chi connectivity index (χ4n) is 4.51. The molecule has 3 heterocycles.